The first-order valence-electron chi connectivity index (χ1n) is 10.9. The summed E-state index contributed by atoms with van der Waals surface area (Å²) in [6, 6.07) is 15.9. The molecule has 6 heteroatoms. The average molecular weight is 428 g/mol. The number of aliphatic hydroxyl groups excluding tert-OH is 1. The second-order valence-electron chi connectivity index (χ2n) is 8.06. The number of esters is 1. The van der Waals surface area contributed by atoms with Crippen LogP contribution < -0.4 is 9.47 Å². The van der Waals surface area contributed by atoms with E-state index in [1.807, 2.05) is 55.5 Å². The van der Waals surface area contributed by atoms with Gasteiger partial charge in [-0.25, -0.2) is 0 Å². The topological polar surface area (TPSA) is 68.2 Å². The van der Waals surface area contributed by atoms with Crippen molar-refractivity contribution in [1.82, 2.24) is 4.90 Å². The minimum absolute atomic E-state index is 0.00123. The molecule has 0 radical (unpaired) electrons. The summed E-state index contributed by atoms with van der Waals surface area (Å²) in [7, 11) is 1.66. The zero-order valence-corrected chi connectivity index (χ0v) is 18.5. The maximum Gasteiger partial charge on any atom is 0.313 e. The molecule has 1 fully saturated rings. The SMILES string of the molecule is CCOC(=O)[C@@]1(Cc2cccc(OC)c2)CCCN(Cc2ccc(OCCO)cc2)C1. The first-order chi connectivity index (χ1) is 15.1. The van der Waals surface area contributed by atoms with Crippen molar-refractivity contribution in [1.29, 1.82) is 0 Å². The molecule has 0 spiro atoms. The zero-order chi connectivity index (χ0) is 22.1. The summed E-state index contributed by atoms with van der Waals surface area (Å²) in [5.41, 5.74) is 1.68. The van der Waals surface area contributed by atoms with Crippen molar-refractivity contribution in [2.45, 2.75) is 32.7 Å². The van der Waals surface area contributed by atoms with Crippen LogP contribution in [0.5, 0.6) is 11.5 Å². The van der Waals surface area contributed by atoms with E-state index in [0.717, 1.165) is 48.6 Å². The molecule has 1 aliphatic heterocycles. The Balaban J connectivity index is 1.74. The van der Waals surface area contributed by atoms with Crippen molar-refractivity contribution >= 4 is 5.97 Å². The molecule has 1 N–H and O–H groups in total. The van der Waals surface area contributed by atoms with E-state index in [1.165, 1.54) is 0 Å². The maximum atomic E-state index is 13.1. The van der Waals surface area contributed by atoms with Gasteiger partial charge in [-0.15, -0.1) is 0 Å². The van der Waals surface area contributed by atoms with Crippen LogP contribution in [0.25, 0.3) is 0 Å². The molecule has 1 atom stereocenters. The predicted octanol–water partition coefficient (Wildman–Crippen LogP) is 3.45. The third-order valence-electron chi connectivity index (χ3n) is 5.73. The third-order valence-corrected chi connectivity index (χ3v) is 5.73. The van der Waals surface area contributed by atoms with E-state index in [9.17, 15) is 4.79 Å². The number of benzene rings is 2. The molecule has 1 heterocycles. The molecule has 3 rings (SSSR count). The summed E-state index contributed by atoms with van der Waals surface area (Å²) in [4.78, 5) is 15.4. The summed E-state index contributed by atoms with van der Waals surface area (Å²) in [5, 5.41) is 8.89. The van der Waals surface area contributed by atoms with E-state index in [1.54, 1.807) is 7.11 Å². The predicted molar refractivity (Wildman–Crippen MR) is 119 cm³/mol. The highest BCUT2D eigenvalue weighted by atomic mass is 16.5. The molecule has 6 nitrogen and oxygen atoms in total. The van der Waals surface area contributed by atoms with E-state index < -0.39 is 5.41 Å². The normalized spacial score (nSPS) is 19.1. The van der Waals surface area contributed by atoms with Crippen LogP contribution in [-0.2, 0) is 22.5 Å². The van der Waals surface area contributed by atoms with Gasteiger partial charge in [-0.3, -0.25) is 9.69 Å². The lowest BCUT2D eigenvalue weighted by atomic mass is 9.75. The van der Waals surface area contributed by atoms with Gasteiger partial charge in [0.25, 0.3) is 0 Å². The number of likely N-dealkylation sites (tertiary alicyclic amines) is 1. The van der Waals surface area contributed by atoms with Crippen molar-refractivity contribution < 1.29 is 24.1 Å². The van der Waals surface area contributed by atoms with Gasteiger partial charge >= 0.3 is 5.97 Å². The number of methoxy groups -OCH3 is 1. The van der Waals surface area contributed by atoms with Gasteiger partial charge in [-0.05, 0) is 68.1 Å². The smallest absolute Gasteiger partial charge is 0.313 e. The number of hydrogen-bond acceptors (Lipinski definition) is 6. The number of nitrogens with zero attached hydrogens (tertiary/aromatic N) is 1. The van der Waals surface area contributed by atoms with Gasteiger partial charge in [0.2, 0.25) is 0 Å². The van der Waals surface area contributed by atoms with Gasteiger partial charge in [0.1, 0.15) is 18.1 Å². The zero-order valence-electron chi connectivity index (χ0n) is 18.5. The molecule has 0 aliphatic carbocycles. The van der Waals surface area contributed by atoms with Crippen LogP contribution in [0.4, 0.5) is 0 Å². The van der Waals surface area contributed by atoms with Crippen molar-refractivity contribution in [3.63, 3.8) is 0 Å². The van der Waals surface area contributed by atoms with Crippen molar-refractivity contribution in [3.05, 3.63) is 59.7 Å². The minimum atomic E-state index is -0.565. The van der Waals surface area contributed by atoms with Crippen LogP contribution in [-0.4, -0.2) is 56.0 Å². The fourth-order valence-corrected chi connectivity index (χ4v) is 4.32. The molecule has 0 saturated carbocycles. The Morgan fingerprint density at radius 1 is 1.13 bits per heavy atom. The van der Waals surface area contributed by atoms with Gasteiger partial charge < -0.3 is 19.3 Å². The second kappa shape index (κ2) is 11.2. The number of ether oxygens (including phenoxy) is 3. The Labute approximate surface area is 184 Å². The molecular weight excluding hydrogens is 394 g/mol. The monoisotopic (exact) mass is 427 g/mol. The van der Waals surface area contributed by atoms with Crippen LogP contribution in [0.3, 0.4) is 0 Å². The second-order valence-corrected chi connectivity index (χ2v) is 8.06. The Kier molecular flexibility index (Phi) is 8.32. The molecule has 1 aliphatic rings. The number of carbonyl (C=O) groups is 1. The molecule has 0 amide bonds. The van der Waals surface area contributed by atoms with E-state index >= 15 is 0 Å². The first kappa shape index (κ1) is 23.1. The largest absolute Gasteiger partial charge is 0.497 e. The van der Waals surface area contributed by atoms with Crippen LogP contribution in [0.2, 0.25) is 0 Å². The Hall–Kier alpha value is -2.57. The van der Waals surface area contributed by atoms with E-state index in [2.05, 4.69) is 4.90 Å². The molecular formula is C25H33NO5. The molecule has 2 aromatic carbocycles. The summed E-state index contributed by atoms with van der Waals surface area (Å²) in [6.45, 7) is 4.90. The standard InChI is InChI=1S/C25H33NO5/c1-3-30-24(28)25(17-21-6-4-7-23(16-21)29-2)12-5-13-26(19-25)18-20-8-10-22(11-9-20)31-15-14-27/h4,6-11,16,27H,3,5,12-15,17-19H2,1-2H3/t25-/m1/s1. The number of hydrogen-bond donors (Lipinski definition) is 1. The number of aliphatic hydroxyl groups is 1. The van der Waals surface area contributed by atoms with Gasteiger partial charge in [0, 0.05) is 13.1 Å². The van der Waals surface area contributed by atoms with Gasteiger partial charge in [-0.1, -0.05) is 24.3 Å². The molecule has 0 aromatic heterocycles. The van der Waals surface area contributed by atoms with Gasteiger partial charge in [-0.2, -0.15) is 0 Å². The molecule has 0 bridgehead atoms. The molecule has 0 unspecified atom stereocenters. The molecule has 1 saturated heterocycles. The summed E-state index contributed by atoms with van der Waals surface area (Å²) in [5.74, 6) is 1.43. The molecule has 31 heavy (non-hydrogen) atoms. The van der Waals surface area contributed by atoms with E-state index in [0.29, 0.717) is 19.6 Å². The number of carbonyl (C=O) groups excluding carboxylic acids is 1. The highest BCUT2D eigenvalue weighted by Gasteiger charge is 2.43. The molecule has 2 aromatic rings. The summed E-state index contributed by atoms with van der Waals surface area (Å²) in [6.07, 6.45) is 2.39. The van der Waals surface area contributed by atoms with Gasteiger partial charge in [0.15, 0.2) is 0 Å². The molecule has 168 valence electrons. The van der Waals surface area contributed by atoms with Gasteiger partial charge in [0.05, 0.1) is 25.7 Å². The van der Waals surface area contributed by atoms with E-state index in [-0.39, 0.29) is 19.2 Å². The number of rotatable bonds is 10. The summed E-state index contributed by atoms with van der Waals surface area (Å²) >= 11 is 0. The lowest BCUT2D eigenvalue weighted by Gasteiger charge is -2.41. The quantitative estimate of drug-likeness (QED) is 0.586. The maximum absolute atomic E-state index is 13.1. The van der Waals surface area contributed by atoms with Crippen LogP contribution in [0.1, 0.15) is 30.9 Å². The van der Waals surface area contributed by atoms with Crippen LogP contribution in [0, 0.1) is 5.41 Å². The third kappa shape index (κ3) is 6.21. The fraction of sp³-hybridized carbons (Fsp3) is 0.480. The van der Waals surface area contributed by atoms with Crippen LogP contribution in [0.15, 0.2) is 48.5 Å². The first-order valence-corrected chi connectivity index (χ1v) is 10.9. The van der Waals surface area contributed by atoms with Crippen molar-refractivity contribution in [2.75, 3.05) is 40.0 Å². The van der Waals surface area contributed by atoms with Crippen LogP contribution >= 0.6 is 0 Å². The average Bonchev–Trinajstić information content (AvgIpc) is 2.79. The Morgan fingerprint density at radius 2 is 1.94 bits per heavy atom. The van der Waals surface area contributed by atoms with Crippen molar-refractivity contribution in [3.8, 4) is 11.5 Å². The lowest BCUT2D eigenvalue weighted by Crippen LogP contribution is -2.49. The summed E-state index contributed by atoms with van der Waals surface area (Å²) < 4.78 is 16.3. The van der Waals surface area contributed by atoms with E-state index in [4.69, 9.17) is 19.3 Å². The fourth-order valence-electron chi connectivity index (χ4n) is 4.32. The Bertz CT molecular complexity index is 838. The lowest BCUT2D eigenvalue weighted by molar-refractivity contribution is -0.159. The number of piperidine rings is 1. The van der Waals surface area contributed by atoms with Crippen molar-refractivity contribution in [2.24, 2.45) is 5.41 Å². The highest BCUT2D eigenvalue weighted by molar-refractivity contribution is 5.78. The minimum Gasteiger partial charge on any atom is -0.497 e. The Morgan fingerprint density at radius 3 is 2.65 bits per heavy atom. The highest BCUT2D eigenvalue weighted by Crippen LogP contribution is 2.36.